The Morgan fingerprint density at radius 1 is 0.557 bits per heavy atom. The Morgan fingerprint density at radius 2 is 1.17 bits per heavy atom. The third kappa shape index (κ3) is 12.3. The Hall–Kier alpha value is -2.16. The Balaban J connectivity index is 0.000000213. The van der Waals surface area contributed by atoms with Crippen molar-refractivity contribution in [3.05, 3.63) is 90.8 Å². The van der Waals surface area contributed by atoms with Crippen LogP contribution in [0.4, 0.5) is 35.1 Å². The van der Waals surface area contributed by atoms with E-state index in [1.54, 1.807) is 0 Å². The second-order valence-electron chi connectivity index (χ2n) is 22.3. The zero-order valence-electron chi connectivity index (χ0n) is 40.8. The van der Waals surface area contributed by atoms with Gasteiger partial charge < -0.3 is 37.2 Å². The maximum atomic E-state index is 15.7. The summed E-state index contributed by atoms with van der Waals surface area (Å²) in [5.41, 5.74) is 6.07. The molecular formula is C54H75F8N7Ru+2. The van der Waals surface area contributed by atoms with E-state index in [1.807, 2.05) is 19.2 Å². The fourth-order valence-corrected chi connectivity index (χ4v) is 14.2. The van der Waals surface area contributed by atoms with Crippen molar-refractivity contribution in [3.8, 4) is 0 Å². The van der Waals surface area contributed by atoms with Crippen LogP contribution in [0, 0.1) is 47.3 Å². The second-order valence-corrected chi connectivity index (χ2v) is 22.3. The molecule has 0 aromatic carbocycles. The molecule has 6 aliphatic carbocycles. The smallest absolute Gasteiger partial charge is 0.689 e. The molecule has 4 bridgehead atoms. The monoisotopic (exact) mass is 1080 g/mol. The van der Waals surface area contributed by atoms with Gasteiger partial charge >= 0.3 is 19.5 Å². The maximum absolute atomic E-state index is 15.7. The van der Waals surface area contributed by atoms with Gasteiger partial charge in [-0.15, -0.1) is 57.0 Å². The van der Waals surface area contributed by atoms with E-state index in [0.29, 0.717) is 37.8 Å². The minimum absolute atomic E-state index is 0. The van der Waals surface area contributed by atoms with Gasteiger partial charge in [0, 0.05) is 23.8 Å². The Morgan fingerprint density at radius 3 is 1.70 bits per heavy atom. The zero-order chi connectivity index (χ0) is 48.2. The molecule has 0 aromatic rings. The van der Waals surface area contributed by atoms with Crippen molar-refractivity contribution in [2.24, 2.45) is 47.3 Å². The molecule has 0 spiro atoms. The normalized spacial score (nSPS) is 46.5. The van der Waals surface area contributed by atoms with Gasteiger partial charge in [0.15, 0.2) is 0 Å². The molecule has 12 rings (SSSR count). The van der Waals surface area contributed by atoms with E-state index < -0.39 is 73.2 Å². The van der Waals surface area contributed by atoms with Gasteiger partial charge in [0.25, 0.3) is 0 Å². The van der Waals surface area contributed by atoms with E-state index in [2.05, 4.69) is 55.4 Å². The molecule has 12 aliphatic rings. The van der Waals surface area contributed by atoms with Crippen molar-refractivity contribution in [2.75, 3.05) is 32.7 Å². The topological polar surface area (TPSA) is 96.6 Å². The third-order valence-corrected chi connectivity index (χ3v) is 17.6. The van der Waals surface area contributed by atoms with Crippen LogP contribution in [-0.2, 0) is 19.5 Å². The van der Waals surface area contributed by atoms with Gasteiger partial charge in [-0.25, -0.2) is 35.1 Å². The molecule has 0 amide bonds. The summed E-state index contributed by atoms with van der Waals surface area (Å²) in [6, 6.07) is -2.40. The van der Waals surface area contributed by atoms with Crippen LogP contribution >= 0.6 is 0 Å². The predicted molar refractivity (Wildman–Crippen MR) is 259 cm³/mol. The molecule has 70 heavy (non-hydrogen) atoms. The number of rotatable bonds is 6. The molecular weight excluding hydrogens is 1000 g/mol. The van der Waals surface area contributed by atoms with Crippen LogP contribution in [0.5, 0.6) is 0 Å². The first-order chi connectivity index (χ1) is 33.4. The number of allylic oxidation sites excluding steroid dienone is 5. The van der Waals surface area contributed by atoms with Crippen LogP contribution < -0.4 is 5.32 Å². The summed E-state index contributed by atoms with van der Waals surface area (Å²) in [6.45, 7) is 6.12. The van der Waals surface area contributed by atoms with Crippen molar-refractivity contribution >= 4 is 0 Å². The van der Waals surface area contributed by atoms with Crippen molar-refractivity contribution in [3.63, 3.8) is 0 Å². The first kappa shape index (κ1) is 54.1. The largest absolute Gasteiger partial charge is 8.00 e. The summed E-state index contributed by atoms with van der Waals surface area (Å²) in [7, 11) is 0. The number of halogens is 8. The first-order valence-electron chi connectivity index (χ1n) is 26.8. The second kappa shape index (κ2) is 24.9. The van der Waals surface area contributed by atoms with Gasteiger partial charge in [-0.1, -0.05) is 81.9 Å². The predicted octanol–water partition coefficient (Wildman–Crippen LogP) is 14.5. The summed E-state index contributed by atoms with van der Waals surface area (Å²) < 4.78 is 125. The van der Waals surface area contributed by atoms with E-state index in [4.69, 9.17) is 0 Å². The summed E-state index contributed by atoms with van der Waals surface area (Å²) in [6.07, 6.45) is 6.13. The van der Waals surface area contributed by atoms with Crippen LogP contribution in [-0.4, -0.2) is 106 Å². The molecule has 7 nitrogen and oxygen atoms in total. The van der Waals surface area contributed by atoms with Gasteiger partial charge in [0.1, 0.15) is 49.4 Å². The average molecular weight is 1080 g/mol. The van der Waals surface area contributed by atoms with E-state index in [9.17, 15) is 0 Å². The van der Waals surface area contributed by atoms with Crippen LogP contribution in [0.3, 0.4) is 0 Å². The van der Waals surface area contributed by atoms with Gasteiger partial charge in [0.2, 0.25) is 0 Å². The van der Waals surface area contributed by atoms with Crippen molar-refractivity contribution in [1.29, 1.82) is 0 Å². The van der Waals surface area contributed by atoms with Crippen LogP contribution in [0.2, 0.25) is 0 Å². The minimum Gasteiger partial charge on any atom is -0.689 e. The number of alkyl halides is 8. The van der Waals surface area contributed by atoms with E-state index >= 15 is 35.1 Å². The van der Waals surface area contributed by atoms with Gasteiger partial charge in [-0.2, -0.15) is 29.0 Å². The molecule has 6 saturated carbocycles. The van der Waals surface area contributed by atoms with E-state index in [0.717, 1.165) is 88.8 Å². The van der Waals surface area contributed by atoms with Crippen LogP contribution in [0.15, 0.2) is 58.9 Å². The Bertz CT molecular complexity index is 1770. The number of hydrogen-bond acceptors (Lipinski definition) is 1. The quantitative estimate of drug-likeness (QED) is 0.160. The van der Waals surface area contributed by atoms with Crippen molar-refractivity contribution in [2.45, 2.75) is 196 Å². The molecule has 388 valence electrons. The fraction of sp³-hybridized carbons (Fsp3) is 0.815. The van der Waals surface area contributed by atoms with Gasteiger partial charge in [-0.3, -0.25) is 0 Å². The molecule has 1 N–H and O–H groups in total. The third-order valence-electron chi connectivity index (χ3n) is 17.6. The molecule has 3 saturated heterocycles. The fourth-order valence-electron chi connectivity index (χ4n) is 14.2. The van der Waals surface area contributed by atoms with Crippen molar-refractivity contribution < 1.29 is 54.6 Å². The number of piperidine rings is 3. The van der Waals surface area contributed by atoms with Crippen LogP contribution in [0.1, 0.15) is 122 Å². The molecule has 16 heteroatoms. The molecule has 0 aromatic heterocycles. The summed E-state index contributed by atoms with van der Waals surface area (Å²) >= 11 is 0. The van der Waals surface area contributed by atoms with E-state index in [-0.39, 0.29) is 61.8 Å². The van der Waals surface area contributed by atoms with Gasteiger partial charge in [0.05, 0.1) is 6.04 Å². The number of nitrogens with zero attached hydrogens (tertiary/aromatic N) is 6. The average Bonchev–Trinajstić information content (AvgIpc) is 3.38. The minimum atomic E-state index is -2.80. The van der Waals surface area contributed by atoms with E-state index in [1.165, 1.54) is 55.5 Å². The Labute approximate surface area is 425 Å². The molecule has 11 unspecified atom stereocenters. The Kier molecular flexibility index (Phi) is 19.3. The summed E-state index contributed by atoms with van der Waals surface area (Å²) in [4.78, 5) is 0. The molecule has 6 heterocycles. The number of nitrogens with one attached hydrogen (secondary N) is 1. The summed E-state index contributed by atoms with van der Waals surface area (Å²) in [5.74, 6) is -5.32. The number of hydrogen-bond donors (Lipinski definition) is 1. The molecule has 0 radical (unpaired) electrons. The SMILES string of the molecule is C1=CC(=C2CCC=C[N-]2)[N-]CC1.C1CCC(=C2CCCC[N-]2)[N-]C1.CC1=CC(C2CC(CC3C(F)C(F)C(C4C(F)C(F)C(NC5C6CC7CC(C6)CC5C7)C(F)C4F)C(F)C3F)CC[N-]2)[N-]CC1.[Ru+8]. The first-order valence-corrected chi connectivity index (χ1v) is 26.8. The maximum Gasteiger partial charge on any atom is 8.00 e. The van der Waals surface area contributed by atoms with Crippen molar-refractivity contribution in [1.82, 2.24) is 5.32 Å². The molecule has 6 aliphatic heterocycles. The van der Waals surface area contributed by atoms with Gasteiger partial charge in [-0.05, 0) is 87.9 Å². The van der Waals surface area contributed by atoms with Crippen LogP contribution in [0.25, 0.3) is 31.9 Å². The summed E-state index contributed by atoms with van der Waals surface area (Å²) in [5, 5.41) is 30.0. The zero-order valence-corrected chi connectivity index (χ0v) is 42.5. The standard InChI is InChI=1S/C34H47F8N3.C10H16N2.C10H12N2.Ru/c1-14-2-4-43-21(6-14)22-13-15(3-5-44-22)12-20-25(35)27(37)23(28(38)26(20)36)24-29(39)31(41)34(32(42)30(24)40)45-33-18-8-16-7-17(10-18)11-19(33)9-16;2*1-3-7-11-9(5-1)10-6-2-4-8-12-10;/h6,15-34,45H,2-5,7-13H2,1H3;1-8H2;1,4-5,8H,2-3,6-7H2;/q3*-2;+8. The molecule has 11 atom stereocenters. The molecule has 9 fully saturated rings.